The Hall–Kier alpha value is -5.08. The van der Waals surface area contributed by atoms with Crippen molar-refractivity contribution in [3.63, 3.8) is 0 Å². The van der Waals surface area contributed by atoms with Crippen LogP contribution in [0.15, 0.2) is 104 Å². The molecule has 2 amide bonds. The average Bonchev–Trinajstić information content (AvgIpc) is 3.94. The number of furan rings is 2. The number of carbonyl (C=O) groups is 2. The summed E-state index contributed by atoms with van der Waals surface area (Å²) >= 11 is 3.04. The van der Waals surface area contributed by atoms with E-state index in [4.69, 9.17) is 8.83 Å². The molecule has 6 aromatic rings. The SMILES string of the molecule is CC.CCn1c(SC2(C(=O)Nc3ccc(C(C)C)cc3)CC2)nnc1-c1ccco1.CCn1c(SC2(C(=O)Nc3ccc(C(C)C)cc3)CCCC2)nnc1-c1ccco1. The number of benzene rings is 2. The van der Waals surface area contributed by atoms with E-state index in [0.717, 1.165) is 60.2 Å². The Morgan fingerprint density at radius 3 is 1.32 bits per heavy atom. The van der Waals surface area contributed by atoms with Crippen LogP contribution >= 0.6 is 23.5 Å². The molecule has 4 heterocycles. The zero-order valence-corrected chi connectivity index (χ0v) is 37.7. The second-order valence-corrected chi connectivity index (χ2v) is 18.1. The van der Waals surface area contributed by atoms with Crippen LogP contribution in [-0.2, 0) is 22.7 Å². The van der Waals surface area contributed by atoms with Gasteiger partial charge in [-0.15, -0.1) is 20.4 Å². The summed E-state index contributed by atoms with van der Waals surface area (Å²) in [6.07, 6.45) is 8.67. The normalized spacial score (nSPS) is 14.9. The third-order valence-corrected chi connectivity index (χ3v) is 13.7. The fourth-order valence-electron chi connectivity index (χ4n) is 7.03. The summed E-state index contributed by atoms with van der Waals surface area (Å²) in [4.78, 5) is 26.3. The van der Waals surface area contributed by atoms with Crippen molar-refractivity contribution in [2.24, 2.45) is 0 Å². The van der Waals surface area contributed by atoms with Crippen molar-refractivity contribution in [1.29, 1.82) is 0 Å². The lowest BCUT2D eigenvalue weighted by Gasteiger charge is -2.26. The summed E-state index contributed by atoms with van der Waals surface area (Å²) in [5.41, 5.74) is 4.19. The number of amides is 2. The van der Waals surface area contributed by atoms with Crippen molar-refractivity contribution in [3.05, 3.63) is 96.4 Å². The minimum atomic E-state index is -0.531. The standard InChI is InChI=1S/C23H28N4O2S.C21H24N4O2S.C2H6/c1-4-27-20(19-8-7-15-29-19)25-26-22(27)30-23(13-5-6-14-23)21(28)24-18-11-9-17(10-12-18)16(2)3;1-4-25-18(17-6-5-13-27-17)23-24-20(25)28-21(11-12-21)19(26)22-16-9-7-15(8-10-16)14(2)3;1-2/h7-12,15-16H,4-6,13-14H2,1-3H3,(H,24,28);5-10,13-14H,4,11-12H2,1-3H3,(H,22,26);1-2H3. The van der Waals surface area contributed by atoms with Gasteiger partial charge in [-0.2, -0.15) is 0 Å². The van der Waals surface area contributed by atoms with Crippen molar-refractivity contribution in [2.45, 2.75) is 139 Å². The Labute approximate surface area is 362 Å². The highest BCUT2D eigenvalue weighted by atomic mass is 32.2. The van der Waals surface area contributed by atoms with Crippen LogP contribution in [0.4, 0.5) is 11.4 Å². The van der Waals surface area contributed by atoms with Gasteiger partial charge in [-0.05, 0) is 111 Å². The van der Waals surface area contributed by atoms with Gasteiger partial charge in [0.25, 0.3) is 0 Å². The largest absolute Gasteiger partial charge is 0.461 e. The molecule has 0 aliphatic heterocycles. The number of rotatable bonds is 14. The first-order valence-electron chi connectivity index (χ1n) is 21.2. The molecule has 2 N–H and O–H groups in total. The number of nitrogens with one attached hydrogen (secondary N) is 2. The van der Waals surface area contributed by atoms with Gasteiger partial charge in [0.05, 0.1) is 12.5 Å². The molecule has 0 bridgehead atoms. The minimum Gasteiger partial charge on any atom is -0.461 e. The molecule has 14 heteroatoms. The van der Waals surface area contributed by atoms with Crippen molar-refractivity contribution in [1.82, 2.24) is 29.5 Å². The zero-order chi connectivity index (χ0) is 42.9. The van der Waals surface area contributed by atoms with Gasteiger partial charge in [0.15, 0.2) is 33.5 Å². The summed E-state index contributed by atoms with van der Waals surface area (Å²) in [7, 11) is 0. The maximum Gasteiger partial charge on any atom is 0.241 e. The minimum absolute atomic E-state index is 0.0278. The van der Waals surface area contributed by atoms with Crippen LogP contribution in [0.1, 0.15) is 117 Å². The predicted molar refractivity (Wildman–Crippen MR) is 241 cm³/mol. The first kappa shape index (κ1) is 44.5. The molecular weight excluding hydrogens is 793 g/mol. The van der Waals surface area contributed by atoms with Crippen molar-refractivity contribution in [2.75, 3.05) is 10.6 Å². The van der Waals surface area contributed by atoms with Gasteiger partial charge in [0, 0.05) is 24.5 Å². The molecule has 4 aromatic heterocycles. The third-order valence-electron chi connectivity index (χ3n) is 10.7. The molecule has 0 spiro atoms. The van der Waals surface area contributed by atoms with E-state index in [1.54, 1.807) is 12.5 Å². The topological polar surface area (TPSA) is 146 Å². The Kier molecular flexibility index (Phi) is 14.8. The van der Waals surface area contributed by atoms with E-state index in [9.17, 15) is 9.59 Å². The molecular formula is C46H58N8O4S2. The number of thioether (sulfide) groups is 2. The fraction of sp³-hybridized carbons (Fsp3) is 0.435. The number of carbonyl (C=O) groups excluding carboxylic acids is 2. The fourth-order valence-corrected chi connectivity index (χ4v) is 9.63. The highest BCUT2D eigenvalue weighted by Gasteiger charge is 2.52. The molecule has 2 aromatic carbocycles. The summed E-state index contributed by atoms with van der Waals surface area (Å²) < 4.78 is 14.0. The molecule has 60 heavy (non-hydrogen) atoms. The van der Waals surface area contributed by atoms with Crippen LogP contribution < -0.4 is 10.6 Å². The predicted octanol–water partition coefficient (Wildman–Crippen LogP) is 11.7. The van der Waals surface area contributed by atoms with E-state index in [-0.39, 0.29) is 11.8 Å². The molecule has 8 rings (SSSR count). The van der Waals surface area contributed by atoms with Crippen molar-refractivity contribution in [3.8, 4) is 23.2 Å². The smallest absolute Gasteiger partial charge is 0.241 e. The van der Waals surface area contributed by atoms with E-state index in [1.807, 2.05) is 78.4 Å². The van der Waals surface area contributed by atoms with Gasteiger partial charge >= 0.3 is 0 Å². The second kappa shape index (κ2) is 20.0. The lowest BCUT2D eigenvalue weighted by Crippen LogP contribution is -2.37. The maximum atomic E-state index is 13.4. The number of aromatic nitrogens is 6. The zero-order valence-electron chi connectivity index (χ0n) is 36.0. The van der Waals surface area contributed by atoms with Gasteiger partial charge in [-0.25, -0.2) is 0 Å². The molecule has 0 saturated heterocycles. The molecule has 2 aliphatic rings. The van der Waals surface area contributed by atoms with E-state index >= 15 is 0 Å². The summed E-state index contributed by atoms with van der Waals surface area (Å²) in [6.45, 7) is 18.2. The molecule has 318 valence electrons. The van der Waals surface area contributed by atoms with Crippen LogP contribution in [-0.4, -0.2) is 50.8 Å². The average molecular weight is 851 g/mol. The molecule has 2 fully saturated rings. The van der Waals surface area contributed by atoms with Gasteiger partial charge in [-0.1, -0.05) is 102 Å². The van der Waals surface area contributed by atoms with Crippen LogP contribution in [0.5, 0.6) is 0 Å². The van der Waals surface area contributed by atoms with E-state index < -0.39 is 9.49 Å². The Morgan fingerprint density at radius 2 is 1.00 bits per heavy atom. The number of nitrogens with zero attached hydrogens (tertiary/aromatic N) is 6. The number of hydrogen-bond donors (Lipinski definition) is 2. The van der Waals surface area contributed by atoms with E-state index in [1.165, 1.54) is 34.7 Å². The van der Waals surface area contributed by atoms with Crippen molar-refractivity contribution < 1.29 is 18.4 Å². The Balaban J connectivity index is 0.000000194. The van der Waals surface area contributed by atoms with Crippen LogP contribution in [0, 0.1) is 0 Å². The van der Waals surface area contributed by atoms with Gasteiger partial charge in [0.2, 0.25) is 11.8 Å². The van der Waals surface area contributed by atoms with Gasteiger partial charge < -0.3 is 19.5 Å². The monoisotopic (exact) mass is 850 g/mol. The van der Waals surface area contributed by atoms with Gasteiger partial charge in [-0.3, -0.25) is 18.7 Å². The first-order chi connectivity index (χ1) is 29.0. The lowest BCUT2D eigenvalue weighted by atomic mass is 10.0. The quantitative estimate of drug-likeness (QED) is 0.109. The van der Waals surface area contributed by atoms with Gasteiger partial charge in [0.1, 0.15) is 9.49 Å². The molecule has 0 unspecified atom stereocenters. The second-order valence-electron chi connectivity index (χ2n) is 15.4. The number of anilines is 2. The van der Waals surface area contributed by atoms with Crippen LogP contribution in [0.25, 0.3) is 23.2 Å². The number of hydrogen-bond acceptors (Lipinski definition) is 10. The molecule has 2 aliphatic carbocycles. The highest BCUT2D eigenvalue weighted by Crippen LogP contribution is 2.52. The molecule has 0 radical (unpaired) electrons. The maximum absolute atomic E-state index is 13.4. The van der Waals surface area contributed by atoms with Crippen molar-refractivity contribution >= 4 is 46.7 Å². The van der Waals surface area contributed by atoms with E-state index in [2.05, 4.69) is 89.9 Å². The summed E-state index contributed by atoms with van der Waals surface area (Å²) in [6, 6.07) is 23.6. The third kappa shape index (κ3) is 10.1. The first-order valence-corrected chi connectivity index (χ1v) is 22.8. The Morgan fingerprint density at radius 1 is 0.617 bits per heavy atom. The highest BCUT2D eigenvalue weighted by molar-refractivity contribution is 8.01. The van der Waals surface area contributed by atoms with E-state index in [0.29, 0.717) is 48.1 Å². The lowest BCUT2D eigenvalue weighted by molar-refractivity contribution is -0.118. The van der Waals surface area contributed by atoms with Crippen LogP contribution in [0.2, 0.25) is 0 Å². The Bertz CT molecular complexity index is 2270. The van der Waals surface area contributed by atoms with Crippen LogP contribution in [0.3, 0.4) is 0 Å². The molecule has 0 atom stereocenters. The molecule has 2 saturated carbocycles. The summed E-state index contributed by atoms with van der Waals surface area (Å²) in [5, 5.41) is 25.1. The summed E-state index contributed by atoms with van der Waals surface area (Å²) in [5.74, 6) is 3.77. The molecule has 12 nitrogen and oxygen atoms in total.